The Morgan fingerprint density at radius 3 is 2.62 bits per heavy atom. The van der Waals surface area contributed by atoms with Crippen LogP contribution in [0.5, 0.6) is 0 Å². The largest absolute Gasteiger partial charge is 0.378 e. The lowest BCUT2D eigenvalue weighted by molar-refractivity contribution is -0.0764. The Labute approximate surface area is 201 Å². The summed E-state index contributed by atoms with van der Waals surface area (Å²) in [6, 6.07) is 13.9. The maximum atomic E-state index is 13.3. The number of aliphatic hydroxyl groups is 1. The second kappa shape index (κ2) is 10.3. The van der Waals surface area contributed by atoms with E-state index in [1.165, 1.54) is 17.7 Å². The molecule has 2 N–H and O–H groups in total. The number of nitrogens with zero attached hydrogens (tertiary/aromatic N) is 1. The van der Waals surface area contributed by atoms with Gasteiger partial charge in [-0.05, 0) is 75.4 Å². The highest BCUT2D eigenvalue weighted by Gasteiger charge is 2.42. The van der Waals surface area contributed by atoms with E-state index in [0.717, 1.165) is 50.9 Å². The molecule has 6 heteroatoms. The Bertz CT molecular complexity index is 1060. The van der Waals surface area contributed by atoms with Crippen LogP contribution in [-0.4, -0.2) is 52.9 Å². The Balaban J connectivity index is 1.22. The number of benzene rings is 2. The zero-order chi connectivity index (χ0) is 24.2. The van der Waals surface area contributed by atoms with Gasteiger partial charge >= 0.3 is 0 Å². The van der Waals surface area contributed by atoms with Crippen molar-refractivity contribution in [2.45, 2.75) is 63.4 Å². The van der Waals surface area contributed by atoms with Gasteiger partial charge in [-0.3, -0.25) is 9.69 Å². The van der Waals surface area contributed by atoms with Crippen LogP contribution in [0.25, 0.3) is 0 Å². The van der Waals surface area contributed by atoms with Crippen molar-refractivity contribution in [3.63, 3.8) is 0 Å². The van der Waals surface area contributed by atoms with Crippen molar-refractivity contribution in [3.05, 3.63) is 71.0 Å². The average Bonchev–Trinajstić information content (AvgIpc) is 3.21. The molecular formula is C28H33FN2O3. The van der Waals surface area contributed by atoms with Crippen molar-refractivity contribution < 1.29 is 19.0 Å². The third-order valence-corrected chi connectivity index (χ3v) is 6.56. The summed E-state index contributed by atoms with van der Waals surface area (Å²) < 4.78 is 19.8. The Kier molecular flexibility index (Phi) is 7.37. The number of halogens is 1. The summed E-state index contributed by atoms with van der Waals surface area (Å²) in [5, 5.41) is 12.6. The minimum absolute atomic E-state index is 0.00149. The number of ether oxygens (including phenoxy) is 1. The van der Waals surface area contributed by atoms with Crippen LogP contribution in [0.1, 0.15) is 61.0 Å². The molecular weight excluding hydrogens is 431 g/mol. The van der Waals surface area contributed by atoms with Gasteiger partial charge in [-0.2, -0.15) is 0 Å². The van der Waals surface area contributed by atoms with E-state index in [1.807, 2.05) is 12.1 Å². The first-order valence-electron chi connectivity index (χ1n) is 12.0. The minimum Gasteiger partial charge on any atom is -0.378 e. The maximum Gasteiger partial charge on any atom is 0.251 e. The van der Waals surface area contributed by atoms with E-state index in [1.54, 1.807) is 26.0 Å². The fourth-order valence-corrected chi connectivity index (χ4v) is 4.64. The van der Waals surface area contributed by atoms with Gasteiger partial charge in [-0.25, -0.2) is 4.39 Å². The normalized spacial score (nSPS) is 20.1. The third-order valence-electron chi connectivity index (χ3n) is 6.56. The molecule has 0 bridgehead atoms. The van der Waals surface area contributed by atoms with Crippen LogP contribution in [0, 0.1) is 17.7 Å². The van der Waals surface area contributed by atoms with Crippen LogP contribution in [-0.2, 0) is 11.3 Å². The number of hydrogen-bond donors (Lipinski definition) is 2. The smallest absolute Gasteiger partial charge is 0.251 e. The van der Waals surface area contributed by atoms with Gasteiger partial charge < -0.3 is 15.2 Å². The number of likely N-dealkylation sites (tertiary alicyclic amines) is 1. The number of rotatable bonds is 5. The first-order valence-corrected chi connectivity index (χ1v) is 12.0. The number of amides is 1. The molecule has 2 aromatic carbocycles. The second-order valence-electron chi connectivity index (χ2n) is 9.96. The van der Waals surface area contributed by atoms with Gasteiger partial charge in [0.15, 0.2) is 0 Å². The van der Waals surface area contributed by atoms with Crippen molar-refractivity contribution in [1.82, 2.24) is 10.2 Å². The molecule has 0 aliphatic carbocycles. The predicted molar refractivity (Wildman–Crippen MR) is 130 cm³/mol. The molecule has 5 nitrogen and oxygen atoms in total. The lowest BCUT2D eigenvalue weighted by atomic mass is 9.88. The van der Waals surface area contributed by atoms with Crippen molar-refractivity contribution in [1.29, 1.82) is 0 Å². The number of carbonyl (C=O) groups is 1. The van der Waals surface area contributed by atoms with E-state index in [0.29, 0.717) is 12.1 Å². The minimum atomic E-state index is -0.989. The van der Waals surface area contributed by atoms with E-state index in [-0.39, 0.29) is 17.6 Å². The summed E-state index contributed by atoms with van der Waals surface area (Å²) in [7, 11) is 0. The van der Waals surface area contributed by atoms with Crippen molar-refractivity contribution >= 4 is 5.91 Å². The van der Waals surface area contributed by atoms with E-state index in [4.69, 9.17) is 4.74 Å². The molecule has 2 saturated heterocycles. The topological polar surface area (TPSA) is 61.8 Å². The first kappa shape index (κ1) is 24.4. The fourth-order valence-electron chi connectivity index (χ4n) is 4.64. The van der Waals surface area contributed by atoms with Gasteiger partial charge in [0, 0.05) is 37.3 Å². The maximum absolute atomic E-state index is 13.3. The molecule has 2 fully saturated rings. The quantitative estimate of drug-likeness (QED) is 0.659. The van der Waals surface area contributed by atoms with E-state index >= 15 is 0 Å². The third kappa shape index (κ3) is 6.66. The number of hydrogen-bond acceptors (Lipinski definition) is 4. The SMILES string of the molecule is CC(C)(O)C#Cc1ccc(CN2CCC3(CC[C@@H](CNC(=O)c4cccc(F)c4)O3)CC2)cc1. The summed E-state index contributed by atoms with van der Waals surface area (Å²) in [4.78, 5) is 14.7. The van der Waals surface area contributed by atoms with Crippen LogP contribution in [0.3, 0.4) is 0 Å². The monoisotopic (exact) mass is 464 g/mol. The molecule has 2 aliphatic rings. The highest BCUT2D eigenvalue weighted by Crippen LogP contribution is 2.39. The molecule has 1 atom stereocenters. The Hall–Kier alpha value is -2.72. The van der Waals surface area contributed by atoms with Gasteiger partial charge in [-0.1, -0.05) is 30.0 Å². The molecule has 1 amide bonds. The van der Waals surface area contributed by atoms with E-state index < -0.39 is 11.4 Å². The summed E-state index contributed by atoms with van der Waals surface area (Å²) in [6.45, 7) is 6.64. The first-order chi connectivity index (χ1) is 16.2. The van der Waals surface area contributed by atoms with Crippen molar-refractivity contribution in [2.75, 3.05) is 19.6 Å². The van der Waals surface area contributed by atoms with Crippen LogP contribution in [0.2, 0.25) is 0 Å². The van der Waals surface area contributed by atoms with Gasteiger partial charge in [0.25, 0.3) is 5.91 Å². The summed E-state index contributed by atoms with van der Waals surface area (Å²) >= 11 is 0. The molecule has 2 aliphatic heterocycles. The molecule has 0 saturated carbocycles. The number of carbonyl (C=O) groups excluding carboxylic acids is 1. The van der Waals surface area contributed by atoms with E-state index in [9.17, 15) is 14.3 Å². The highest BCUT2D eigenvalue weighted by molar-refractivity contribution is 5.94. The molecule has 0 aromatic heterocycles. The lowest BCUT2D eigenvalue weighted by Crippen LogP contribution is -2.44. The van der Waals surface area contributed by atoms with Crippen molar-refractivity contribution in [3.8, 4) is 11.8 Å². The Morgan fingerprint density at radius 1 is 1.21 bits per heavy atom. The van der Waals surface area contributed by atoms with Gasteiger partial charge in [0.2, 0.25) is 0 Å². The summed E-state index contributed by atoms with van der Waals surface area (Å²) in [5.41, 5.74) is 1.39. The molecule has 0 radical (unpaired) electrons. The molecule has 34 heavy (non-hydrogen) atoms. The standard InChI is InChI=1S/C28H33FN2O3/c1-27(2,33)12-10-21-6-8-22(9-7-21)20-31-16-14-28(15-17-31)13-11-25(34-28)19-30-26(32)23-4-3-5-24(29)18-23/h3-9,18,25,33H,11,13-17,19-20H2,1-2H3,(H,30,32)/t25-/m0/s1. The van der Waals surface area contributed by atoms with Gasteiger partial charge in [0.1, 0.15) is 11.4 Å². The molecule has 2 heterocycles. The number of piperidine rings is 1. The van der Waals surface area contributed by atoms with Crippen LogP contribution in [0.15, 0.2) is 48.5 Å². The molecule has 180 valence electrons. The Morgan fingerprint density at radius 2 is 1.94 bits per heavy atom. The molecule has 2 aromatic rings. The van der Waals surface area contributed by atoms with Crippen LogP contribution >= 0.6 is 0 Å². The van der Waals surface area contributed by atoms with Crippen LogP contribution < -0.4 is 5.32 Å². The van der Waals surface area contributed by atoms with Gasteiger partial charge in [0.05, 0.1) is 11.7 Å². The zero-order valence-electron chi connectivity index (χ0n) is 19.9. The summed E-state index contributed by atoms with van der Waals surface area (Å²) in [6.07, 6.45) is 3.90. The van der Waals surface area contributed by atoms with E-state index in [2.05, 4.69) is 34.2 Å². The lowest BCUT2D eigenvalue weighted by Gasteiger charge is -2.39. The molecule has 0 unspecified atom stereocenters. The van der Waals surface area contributed by atoms with Gasteiger partial charge in [-0.15, -0.1) is 0 Å². The van der Waals surface area contributed by atoms with Crippen LogP contribution in [0.4, 0.5) is 4.39 Å². The van der Waals surface area contributed by atoms with Crippen molar-refractivity contribution in [2.24, 2.45) is 0 Å². The second-order valence-corrected chi connectivity index (χ2v) is 9.96. The number of nitrogens with one attached hydrogen (secondary N) is 1. The average molecular weight is 465 g/mol. The molecule has 1 spiro atoms. The predicted octanol–water partition coefficient (Wildman–Crippen LogP) is 3.89. The summed E-state index contributed by atoms with van der Waals surface area (Å²) in [5.74, 6) is 5.17. The molecule has 4 rings (SSSR count). The zero-order valence-corrected chi connectivity index (χ0v) is 19.9. The highest BCUT2D eigenvalue weighted by atomic mass is 19.1. The fraction of sp³-hybridized carbons (Fsp3) is 0.464.